The number of nitrogens with one attached hydrogen (secondary N) is 2. The van der Waals surface area contributed by atoms with Gasteiger partial charge in [0.05, 0.1) is 5.02 Å². The molecule has 0 aromatic heterocycles. The minimum absolute atomic E-state index is 0.171. The second-order valence-corrected chi connectivity index (χ2v) is 8.42. The van der Waals surface area contributed by atoms with Crippen molar-refractivity contribution >= 4 is 33.4 Å². The number of hydrogen-bond donors (Lipinski definition) is 2. The summed E-state index contributed by atoms with van der Waals surface area (Å²) in [7, 11) is -3.54. The zero-order chi connectivity index (χ0) is 15.3. The third-order valence-electron chi connectivity index (χ3n) is 3.45. The van der Waals surface area contributed by atoms with Crippen molar-refractivity contribution in [2.75, 3.05) is 24.6 Å². The van der Waals surface area contributed by atoms with Gasteiger partial charge in [0, 0.05) is 13.1 Å². The average Bonchev–Trinajstić information content (AvgIpc) is 2.97. The first-order valence-corrected chi connectivity index (χ1v) is 10.1. The summed E-state index contributed by atoms with van der Waals surface area (Å²) in [6.45, 7) is 3.97. The number of halogens is 1. The zero-order valence-electron chi connectivity index (χ0n) is 12.1. The van der Waals surface area contributed by atoms with Gasteiger partial charge in [-0.15, -0.1) is 0 Å². The molecule has 0 radical (unpaired) electrons. The minimum atomic E-state index is -3.54. The Morgan fingerprint density at radius 1 is 1.43 bits per heavy atom. The molecule has 1 atom stereocenters. The molecule has 1 saturated heterocycles. The molecule has 1 unspecified atom stereocenters. The highest BCUT2D eigenvalue weighted by atomic mass is 35.5. The molecule has 0 spiro atoms. The van der Waals surface area contributed by atoms with E-state index in [1.807, 2.05) is 24.8 Å². The van der Waals surface area contributed by atoms with Crippen LogP contribution in [0.15, 0.2) is 23.1 Å². The van der Waals surface area contributed by atoms with E-state index in [4.69, 9.17) is 11.6 Å². The van der Waals surface area contributed by atoms with Crippen LogP contribution in [0.4, 0.5) is 0 Å². The lowest BCUT2D eigenvalue weighted by Gasteiger charge is -2.13. The molecule has 21 heavy (non-hydrogen) atoms. The summed E-state index contributed by atoms with van der Waals surface area (Å²) in [5, 5.41) is 3.45. The summed E-state index contributed by atoms with van der Waals surface area (Å²) < 4.78 is 27.5. The molecule has 1 aliphatic rings. The highest BCUT2D eigenvalue weighted by Gasteiger charge is 2.22. The Morgan fingerprint density at radius 2 is 2.24 bits per heavy atom. The topological polar surface area (TPSA) is 58.2 Å². The van der Waals surface area contributed by atoms with Crippen molar-refractivity contribution in [3.63, 3.8) is 0 Å². The first kappa shape index (κ1) is 17.1. The Morgan fingerprint density at radius 3 is 2.90 bits per heavy atom. The minimum Gasteiger partial charge on any atom is -0.313 e. The normalized spacial score (nSPS) is 19.0. The Labute approximate surface area is 136 Å². The molecule has 0 amide bonds. The fraction of sp³-hybridized carbons (Fsp3) is 0.571. The average molecular weight is 349 g/mol. The molecule has 2 N–H and O–H groups in total. The summed E-state index contributed by atoms with van der Waals surface area (Å²) in [5.41, 5.74) is 0.915. The third kappa shape index (κ3) is 4.86. The van der Waals surface area contributed by atoms with Crippen LogP contribution >= 0.6 is 23.4 Å². The van der Waals surface area contributed by atoms with Gasteiger partial charge >= 0.3 is 0 Å². The van der Waals surface area contributed by atoms with Crippen LogP contribution in [0.25, 0.3) is 0 Å². The molecule has 1 aromatic carbocycles. The summed E-state index contributed by atoms with van der Waals surface area (Å²) in [4.78, 5) is 0.171. The van der Waals surface area contributed by atoms with Crippen LogP contribution in [0.3, 0.4) is 0 Å². The molecule has 118 valence electrons. The highest BCUT2D eigenvalue weighted by Crippen LogP contribution is 2.25. The van der Waals surface area contributed by atoms with Crippen molar-refractivity contribution < 1.29 is 8.42 Å². The second-order valence-electron chi connectivity index (χ2n) is 5.13. The molecule has 0 saturated carbocycles. The zero-order valence-corrected chi connectivity index (χ0v) is 14.5. The van der Waals surface area contributed by atoms with Gasteiger partial charge in [-0.25, -0.2) is 13.1 Å². The van der Waals surface area contributed by atoms with E-state index in [1.165, 1.54) is 0 Å². The highest BCUT2D eigenvalue weighted by molar-refractivity contribution is 7.99. The fourth-order valence-electron chi connectivity index (χ4n) is 2.18. The quantitative estimate of drug-likeness (QED) is 0.794. The van der Waals surface area contributed by atoms with E-state index in [-0.39, 0.29) is 9.92 Å². The molecule has 2 rings (SSSR count). The number of hydrogen-bond acceptors (Lipinski definition) is 4. The fourth-order valence-corrected chi connectivity index (χ4v) is 5.13. The lowest BCUT2D eigenvalue weighted by molar-refractivity contribution is 0.545. The third-order valence-corrected chi connectivity index (χ3v) is 6.59. The van der Waals surface area contributed by atoms with Gasteiger partial charge in [0.25, 0.3) is 0 Å². The van der Waals surface area contributed by atoms with Crippen molar-refractivity contribution in [3.8, 4) is 0 Å². The Hall–Kier alpha value is -0.270. The van der Waals surface area contributed by atoms with E-state index < -0.39 is 10.0 Å². The van der Waals surface area contributed by atoms with Gasteiger partial charge in [-0.2, -0.15) is 11.8 Å². The van der Waals surface area contributed by atoms with Gasteiger partial charge < -0.3 is 5.32 Å². The smallest absolute Gasteiger partial charge is 0.242 e. The van der Waals surface area contributed by atoms with Crippen LogP contribution in [0.5, 0.6) is 0 Å². The van der Waals surface area contributed by atoms with Gasteiger partial charge in [0.15, 0.2) is 0 Å². The number of rotatable bonds is 7. The molecular formula is C14H21ClN2O2S2. The van der Waals surface area contributed by atoms with E-state index in [2.05, 4.69) is 10.0 Å². The van der Waals surface area contributed by atoms with Crippen LogP contribution < -0.4 is 10.0 Å². The SMILES string of the molecule is CCNCc1ccc(Cl)c(S(=O)(=O)NCC2CCSC2)c1. The maximum atomic E-state index is 12.4. The van der Waals surface area contributed by atoms with Gasteiger partial charge in [-0.05, 0) is 48.1 Å². The molecule has 0 aliphatic carbocycles. The summed E-state index contributed by atoms with van der Waals surface area (Å²) in [6, 6.07) is 5.14. The van der Waals surface area contributed by atoms with E-state index in [0.717, 1.165) is 30.0 Å². The summed E-state index contributed by atoms with van der Waals surface area (Å²) in [6.07, 6.45) is 1.07. The second kappa shape index (κ2) is 7.83. The monoisotopic (exact) mass is 348 g/mol. The molecule has 7 heteroatoms. The largest absolute Gasteiger partial charge is 0.313 e. The standard InChI is InChI=1S/C14H21ClN2O2S2/c1-2-16-8-11-3-4-13(15)14(7-11)21(18,19)17-9-12-5-6-20-10-12/h3-4,7,12,16-17H,2,5-6,8-10H2,1H3. The van der Waals surface area contributed by atoms with E-state index in [9.17, 15) is 8.42 Å². The lowest BCUT2D eigenvalue weighted by atomic mass is 10.1. The Bertz CT molecular complexity index is 572. The first-order chi connectivity index (χ1) is 10.0. The molecule has 1 aliphatic heterocycles. The van der Waals surface area contributed by atoms with Gasteiger partial charge in [0.2, 0.25) is 10.0 Å². The van der Waals surface area contributed by atoms with Crippen LogP contribution in [-0.2, 0) is 16.6 Å². The molecule has 0 bridgehead atoms. The number of thioether (sulfide) groups is 1. The Kier molecular flexibility index (Phi) is 6.37. The van der Waals surface area contributed by atoms with Gasteiger partial charge in [-0.3, -0.25) is 0 Å². The van der Waals surface area contributed by atoms with Crippen LogP contribution in [0.1, 0.15) is 18.9 Å². The predicted octanol–water partition coefficient (Wildman–Crippen LogP) is 2.48. The van der Waals surface area contributed by atoms with Crippen LogP contribution in [0, 0.1) is 5.92 Å². The molecule has 1 aromatic rings. The van der Waals surface area contributed by atoms with Crippen molar-refractivity contribution in [1.82, 2.24) is 10.0 Å². The van der Waals surface area contributed by atoms with Gasteiger partial charge in [-0.1, -0.05) is 24.6 Å². The molecule has 1 fully saturated rings. The van der Waals surface area contributed by atoms with Crippen LogP contribution in [-0.4, -0.2) is 33.0 Å². The first-order valence-electron chi connectivity index (χ1n) is 7.09. The lowest BCUT2D eigenvalue weighted by Crippen LogP contribution is -2.29. The van der Waals surface area contributed by atoms with Gasteiger partial charge in [0.1, 0.15) is 4.90 Å². The molecule has 4 nitrogen and oxygen atoms in total. The van der Waals surface area contributed by atoms with E-state index in [0.29, 0.717) is 19.0 Å². The van der Waals surface area contributed by atoms with Crippen molar-refractivity contribution in [3.05, 3.63) is 28.8 Å². The maximum absolute atomic E-state index is 12.4. The predicted molar refractivity (Wildman–Crippen MR) is 89.5 cm³/mol. The van der Waals surface area contributed by atoms with E-state index in [1.54, 1.807) is 12.1 Å². The number of benzene rings is 1. The molecule has 1 heterocycles. The Balaban J connectivity index is 2.09. The molecular weight excluding hydrogens is 328 g/mol. The van der Waals surface area contributed by atoms with E-state index >= 15 is 0 Å². The van der Waals surface area contributed by atoms with Crippen molar-refractivity contribution in [1.29, 1.82) is 0 Å². The van der Waals surface area contributed by atoms with Crippen LogP contribution in [0.2, 0.25) is 5.02 Å². The summed E-state index contributed by atoms with van der Waals surface area (Å²) in [5.74, 6) is 2.57. The van der Waals surface area contributed by atoms with Crippen molar-refractivity contribution in [2.45, 2.75) is 24.8 Å². The summed E-state index contributed by atoms with van der Waals surface area (Å²) >= 11 is 7.94. The number of sulfonamides is 1. The van der Waals surface area contributed by atoms with Crippen molar-refractivity contribution in [2.24, 2.45) is 5.92 Å². The maximum Gasteiger partial charge on any atom is 0.242 e.